The minimum Gasteiger partial charge on any atom is -0.402 e. The van der Waals surface area contributed by atoms with Gasteiger partial charge in [-0.1, -0.05) is 6.92 Å². The molecule has 0 amide bonds. The average Bonchev–Trinajstić information content (AvgIpc) is 2.25. The van der Waals surface area contributed by atoms with Crippen LogP contribution in [-0.2, 0) is 9.31 Å². The summed E-state index contributed by atoms with van der Waals surface area (Å²) >= 11 is 0. The maximum Gasteiger partial charge on any atom is 0.496 e. The zero-order valence-electron chi connectivity index (χ0n) is 11.7. The number of pyridine rings is 1. The summed E-state index contributed by atoms with van der Waals surface area (Å²) in [6, 6.07) is 1.85. The summed E-state index contributed by atoms with van der Waals surface area (Å²) in [7, 11) is -0.415. The molecule has 1 aliphatic rings. The summed E-state index contributed by atoms with van der Waals surface area (Å²) in [5.74, 6) is 0.287. The first-order valence-corrected chi connectivity index (χ1v) is 6.28. The third kappa shape index (κ3) is 2.38. The third-order valence-corrected chi connectivity index (χ3v) is 3.96. The topological polar surface area (TPSA) is 57.4 Å². The first kappa shape index (κ1) is 13.4. The molecule has 0 unspecified atom stereocenters. The van der Waals surface area contributed by atoms with Gasteiger partial charge in [0.2, 0.25) is 0 Å². The quantitative estimate of drug-likeness (QED) is 0.767. The lowest BCUT2D eigenvalue weighted by Crippen LogP contribution is -2.61. The van der Waals surface area contributed by atoms with Crippen LogP contribution in [-0.4, -0.2) is 23.3 Å². The number of nitrogens with two attached hydrogens (primary N) is 1. The molecule has 2 N–H and O–H groups in total. The van der Waals surface area contributed by atoms with Gasteiger partial charge in [-0.25, -0.2) is 0 Å². The van der Waals surface area contributed by atoms with Gasteiger partial charge in [-0.15, -0.1) is 0 Å². The SMILES string of the molecule is CC1C(C)(C)OB(c2cncc(N)c2)OC1(C)C. The van der Waals surface area contributed by atoms with Crippen LogP contribution in [0.1, 0.15) is 34.6 Å². The van der Waals surface area contributed by atoms with Crippen molar-refractivity contribution >= 4 is 18.3 Å². The van der Waals surface area contributed by atoms with Crippen LogP contribution in [0, 0.1) is 5.92 Å². The van der Waals surface area contributed by atoms with Crippen molar-refractivity contribution in [2.45, 2.75) is 45.8 Å². The van der Waals surface area contributed by atoms with Crippen molar-refractivity contribution in [1.82, 2.24) is 4.98 Å². The van der Waals surface area contributed by atoms with Crippen LogP contribution >= 0.6 is 0 Å². The minimum atomic E-state index is -0.415. The first-order valence-electron chi connectivity index (χ1n) is 6.28. The van der Waals surface area contributed by atoms with E-state index in [0.29, 0.717) is 5.69 Å². The summed E-state index contributed by atoms with van der Waals surface area (Å²) in [6.45, 7) is 10.5. The minimum absolute atomic E-state index is 0.253. The number of nitrogen functional groups attached to an aromatic ring is 1. The standard InChI is InChI=1S/C13H21BN2O2/c1-9-12(2,3)17-14(18-13(9,4)5)10-6-11(15)8-16-7-10/h6-9H,15H2,1-5H3. The fourth-order valence-corrected chi connectivity index (χ4v) is 2.36. The molecule has 1 aliphatic heterocycles. The van der Waals surface area contributed by atoms with Gasteiger partial charge in [0.25, 0.3) is 0 Å². The molecule has 4 nitrogen and oxygen atoms in total. The number of rotatable bonds is 1. The Kier molecular flexibility index (Phi) is 3.15. The van der Waals surface area contributed by atoms with Gasteiger partial charge in [-0.3, -0.25) is 4.98 Å². The van der Waals surface area contributed by atoms with Crippen LogP contribution < -0.4 is 11.2 Å². The summed E-state index contributed by atoms with van der Waals surface area (Å²) in [5, 5.41) is 0. The van der Waals surface area contributed by atoms with Gasteiger partial charge in [-0.05, 0) is 33.8 Å². The van der Waals surface area contributed by atoms with Crippen LogP contribution in [0.25, 0.3) is 0 Å². The Morgan fingerprint density at radius 1 is 1.17 bits per heavy atom. The van der Waals surface area contributed by atoms with Crippen molar-refractivity contribution in [3.63, 3.8) is 0 Å². The Hall–Kier alpha value is -1.07. The van der Waals surface area contributed by atoms with Crippen LogP contribution in [0.15, 0.2) is 18.5 Å². The van der Waals surface area contributed by atoms with E-state index in [-0.39, 0.29) is 17.1 Å². The third-order valence-electron chi connectivity index (χ3n) is 3.96. The summed E-state index contributed by atoms with van der Waals surface area (Å²) in [6.07, 6.45) is 3.36. The van der Waals surface area contributed by atoms with Crippen molar-refractivity contribution in [3.8, 4) is 0 Å². The maximum absolute atomic E-state index is 6.04. The van der Waals surface area contributed by atoms with Gasteiger partial charge in [0.15, 0.2) is 0 Å². The molecule has 2 rings (SSSR count). The number of aromatic nitrogens is 1. The molecule has 2 heterocycles. The molecule has 0 spiro atoms. The molecule has 0 radical (unpaired) electrons. The fraction of sp³-hybridized carbons (Fsp3) is 0.615. The molecule has 18 heavy (non-hydrogen) atoms. The van der Waals surface area contributed by atoms with Crippen LogP contribution in [0.4, 0.5) is 5.69 Å². The van der Waals surface area contributed by atoms with Crippen molar-refractivity contribution in [2.75, 3.05) is 5.73 Å². The number of hydrogen-bond donors (Lipinski definition) is 1. The Balaban J connectivity index is 2.31. The van der Waals surface area contributed by atoms with Crippen LogP contribution in [0.3, 0.4) is 0 Å². The number of nitrogens with zero attached hydrogens (tertiary/aromatic N) is 1. The molecule has 1 fully saturated rings. The highest BCUT2D eigenvalue weighted by atomic mass is 16.6. The van der Waals surface area contributed by atoms with Gasteiger partial charge in [0.05, 0.1) is 11.2 Å². The van der Waals surface area contributed by atoms with Crippen molar-refractivity contribution in [1.29, 1.82) is 0 Å². The summed E-state index contributed by atoms with van der Waals surface area (Å²) in [4.78, 5) is 4.09. The molecule has 0 atom stereocenters. The molecule has 0 aliphatic carbocycles. The van der Waals surface area contributed by atoms with E-state index >= 15 is 0 Å². The van der Waals surface area contributed by atoms with E-state index in [1.54, 1.807) is 12.4 Å². The molecule has 1 saturated heterocycles. The molecular formula is C13H21BN2O2. The molecule has 0 aromatic carbocycles. The number of hydrogen-bond acceptors (Lipinski definition) is 4. The highest BCUT2D eigenvalue weighted by Crippen LogP contribution is 2.38. The second-order valence-corrected chi connectivity index (χ2v) is 6.05. The largest absolute Gasteiger partial charge is 0.496 e. The van der Waals surface area contributed by atoms with E-state index in [0.717, 1.165) is 5.46 Å². The van der Waals surface area contributed by atoms with Crippen molar-refractivity contribution < 1.29 is 9.31 Å². The van der Waals surface area contributed by atoms with Gasteiger partial charge in [-0.2, -0.15) is 0 Å². The summed E-state index contributed by atoms with van der Waals surface area (Å²) in [5.41, 5.74) is 6.73. The molecule has 1 aromatic rings. The van der Waals surface area contributed by atoms with E-state index in [1.807, 2.05) is 6.07 Å². The molecular weight excluding hydrogens is 227 g/mol. The first-order chi connectivity index (χ1) is 8.22. The van der Waals surface area contributed by atoms with E-state index in [9.17, 15) is 0 Å². The normalized spacial score (nSPS) is 23.1. The average molecular weight is 248 g/mol. The van der Waals surface area contributed by atoms with Crippen molar-refractivity contribution in [3.05, 3.63) is 18.5 Å². The van der Waals surface area contributed by atoms with Crippen LogP contribution in [0.2, 0.25) is 0 Å². The lowest BCUT2D eigenvalue weighted by Gasteiger charge is -2.49. The van der Waals surface area contributed by atoms with Gasteiger partial charge in [0.1, 0.15) is 0 Å². The van der Waals surface area contributed by atoms with Crippen LogP contribution in [0.5, 0.6) is 0 Å². The summed E-state index contributed by atoms with van der Waals surface area (Å²) < 4.78 is 12.1. The molecule has 98 valence electrons. The molecule has 0 saturated carbocycles. The van der Waals surface area contributed by atoms with E-state index in [4.69, 9.17) is 15.0 Å². The predicted octanol–water partition coefficient (Wildman–Crippen LogP) is 1.60. The smallest absolute Gasteiger partial charge is 0.402 e. The highest BCUT2D eigenvalue weighted by Gasteiger charge is 2.49. The number of anilines is 1. The van der Waals surface area contributed by atoms with E-state index in [1.165, 1.54) is 0 Å². The Morgan fingerprint density at radius 2 is 1.72 bits per heavy atom. The maximum atomic E-state index is 6.04. The lowest BCUT2D eigenvalue weighted by molar-refractivity contribution is -0.122. The second-order valence-electron chi connectivity index (χ2n) is 6.05. The van der Waals surface area contributed by atoms with Gasteiger partial charge >= 0.3 is 7.12 Å². The van der Waals surface area contributed by atoms with Gasteiger partial charge in [0, 0.05) is 29.5 Å². The van der Waals surface area contributed by atoms with Crippen molar-refractivity contribution in [2.24, 2.45) is 5.92 Å². The van der Waals surface area contributed by atoms with E-state index < -0.39 is 7.12 Å². The zero-order chi connectivity index (χ0) is 13.6. The zero-order valence-corrected chi connectivity index (χ0v) is 11.7. The molecule has 1 aromatic heterocycles. The lowest BCUT2D eigenvalue weighted by atomic mass is 9.69. The Bertz CT molecular complexity index is 430. The monoisotopic (exact) mass is 248 g/mol. The van der Waals surface area contributed by atoms with Gasteiger partial charge < -0.3 is 15.0 Å². The molecule has 0 bridgehead atoms. The predicted molar refractivity (Wildman–Crippen MR) is 73.5 cm³/mol. The molecule has 5 heteroatoms. The Morgan fingerprint density at radius 3 is 2.22 bits per heavy atom. The van der Waals surface area contributed by atoms with E-state index in [2.05, 4.69) is 39.6 Å². The fourth-order valence-electron chi connectivity index (χ4n) is 2.36. The highest BCUT2D eigenvalue weighted by molar-refractivity contribution is 6.61. The second kappa shape index (κ2) is 4.25. The Labute approximate surface area is 109 Å².